The molecule has 0 spiro atoms. The van der Waals surface area contributed by atoms with Crippen molar-refractivity contribution in [2.45, 2.75) is 33.1 Å². The van der Waals surface area contributed by atoms with Crippen LogP contribution in [0, 0.1) is 25.6 Å². The summed E-state index contributed by atoms with van der Waals surface area (Å²) in [5, 5.41) is 6.89. The number of amides is 2. The number of benzene rings is 2. The number of nitrogens with one attached hydrogen (secondary N) is 1. The first kappa shape index (κ1) is 22.7. The molecule has 0 radical (unpaired) electrons. The molecule has 0 aliphatic carbocycles. The summed E-state index contributed by atoms with van der Waals surface area (Å²) in [6.45, 7) is 5.05. The number of hydrogen-bond acceptors (Lipinski definition) is 4. The number of carbonyl (C=O) groups excluding carboxylic acids is 2. The van der Waals surface area contributed by atoms with Crippen LogP contribution in [0.25, 0.3) is 11.1 Å². The van der Waals surface area contributed by atoms with Crippen molar-refractivity contribution < 1.29 is 18.5 Å². The van der Waals surface area contributed by atoms with E-state index in [1.165, 1.54) is 12.1 Å². The summed E-state index contributed by atoms with van der Waals surface area (Å²) in [4.78, 5) is 27.4. The van der Waals surface area contributed by atoms with Gasteiger partial charge < -0.3 is 14.7 Å². The largest absolute Gasteiger partial charge is 0.361 e. The Morgan fingerprint density at radius 1 is 1.18 bits per heavy atom. The van der Waals surface area contributed by atoms with E-state index in [0.717, 1.165) is 33.7 Å². The van der Waals surface area contributed by atoms with Gasteiger partial charge in [-0.05, 0) is 55.5 Å². The van der Waals surface area contributed by atoms with Gasteiger partial charge in [0.1, 0.15) is 11.6 Å². The summed E-state index contributed by atoms with van der Waals surface area (Å²) in [5.41, 5.74) is 4.67. The normalized spacial score (nSPS) is 16.4. The minimum absolute atomic E-state index is 0.0246. The standard InChI is InChI=1S/C26H28FN3O3/c1-17-24(18(2)33-29-17)10-11-25(31)30-13-12-28-26(32)22(16-30)15-19-4-3-5-21(14-19)20-6-8-23(27)9-7-20/h3-9,14,22H,10-13,15-16H2,1-2H3,(H,28,32). The lowest BCUT2D eigenvalue weighted by atomic mass is 9.95. The van der Waals surface area contributed by atoms with E-state index in [0.29, 0.717) is 38.9 Å². The number of aromatic nitrogens is 1. The highest BCUT2D eigenvalue weighted by molar-refractivity contribution is 5.82. The molecule has 1 aliphatic heterocycles. The predicted molar refractivity (Wildman–Crippen MR) is 123 cm³/mol. The van der Waals surface area contributed by atoms with Crippen molar-refractivity contribution in [1.29, 1.82) is 0 Å². The molecule has 2 heterocycles. The molecule has 1 aliphatic rings. The summed E-state index contributed by atoms with van der Waals surface area (Å²) in [6, 6.07) is 14.3. The highest BCUT2D eigenvalue weighted by Gasteiger charge is 2.28. The minimum Gasteiger partial charge on any atom is -0.361 e. The van der Waals surface area contributed by atoms with Gasteiger partial charge in [-0.15, -0.1) is 0 Å². The van der Waals surface area contributed by atoms with Gasteiger partial charge in [-0.25, -0.2) is 4.39 Å². The Bertz CT molecular complexity index is 1120. The molecule has 2 amide bonds. The van der Waals surface area contributed by atoms with Gasteiger partial charge in [0.15, 0.2) is 0 Å². The molecule has 2 aromatic carbocycles. The summed E-state index contributed by atoms with van der Waals surface area (Å²) in [5.74, 6) is 0.120. The predicted octanol–water partition coefficient (Wildman–Crippen LogP) is 3.85. The van der Waals surface area contributed by atoms with Crippen LogP contribution in [0.5, 0.6) is 0 Å². The number of hydrogen-bond donors (Lipinski definition) is 1. The number of nitrogens with zero attached hydrogens (tertiary/aromatic N) is 2. The molecule has 6 nitrogen and oxygen atoms in total. The van der Waals surface area contributed by atoms with Crippen LogP contribution in [0.2, 0.25) is 0 Å². The van der Waals surface area contributed by atoms with Crippen molar-refractivity contribution in [1.82, 2.24) is 15.4 Å². The van der Waals surface area contributed by atoms with Crippen LogP contribution in [0.15, 0.2) is 53.1 Å². The van der Waals surface area contributed by atoms with Crippen LogP contribution in [0.1, 0.15) is 29.0 Å². The monoisotopic (exact) mass is 449 g/mol. The van der Waals surface area contributed by atoms with Crippen LogP contribution >= 0.6 is 0 Å². The van der Waals surface area contributed by atoms with E-state index >= 15 is 0 Å². The topological polar surface area (TPSA) is 75.4 Å². The second-order valence-corrected chi connectivity index (χ2v) is 8.54. The van der Waals surface area contributed by atoms with Crippen molar-refractivity contribution in [2.75, 3.05) is 19.6 Å². The fourth-order valence-corrected chi connectivity index (χ4v) is 4.34. The first-order valence-electron chi connectivity index (χ1n) is 11.2. The molecule has 1 aromatic heterocycles. The Hall–Kier alpha value is -3.48. The molecule has 1 saturated heterocycles. The highest BCUT2D eigenvalue weighted by Crippen LogP contribution is 2.23. The maximum Gasteiger partial charge on any atom is 0.225 e. The van der Waals surface area contributed by atoms with Gasteiger partial charge in [0, 0.05) is 31.6 Å². The van der Waals surface area contributed by atoms with E-state index in [-0.39, 0.29) is 23.5 Å². The zero-order valence-electron chi connectivity index (χ0n) is 18.9. The summed E-state index contributed by atoms with van der Waals surface area (Å²) < 4.78 is 18.5. The first-order chi connectivity index (χ1) is 15.9. The molecular formula is C26H28FN3O3. The molecule has 1 atom stereocenters. The second kappa shape index (κ2) is 9.98. The van der Waals surface area contributed by atoms with Crippen LogP contribution in [0.3, 0.4) is 0 Å². The lowest BCUT2D eigenvalue weighted by molar-refractivity contribution is -0.132. The third kappa shape index (κ3) is 5.48. The highest BCUT2D eigenvalue weighted by atomic mass is 19.1. The van der Waals surface area contributed by atoms with Crippen molar-refractivity contribution >= 4 is 11.8 Å². The first-order valence-corrected chi connectivity index (χ1v) is 11.2. The number of carbonyl (C=O) groups is 2. The zero-order chi connectivity index (χ0) is 23.4. The van der Waals surface area contributed by atoms with E-state index < -0.39 is 0 Å². The smallest absolute Gasteiger partial charge is 0.225 e. The van der Waals surface area contributed by atoms with Crippen LogP contribution in [0.4, 0.5) is 4.39 Å². The number of aryl methyl sites for hydroxylation is 2. The van der Waals surface area contributed by atoms with E-state index in [1.54, 1.807) is 17.0 Å². The molecule has 1 unspecified atom stereocenters. The Balaban J connectivity index is 1.43. The Kier molecular flexibility index (Phi) is 6.87. The molecule has 7 heteroatoms. The molecule has 1 N–H and O–H groups in total. The third-order valence-corrected chi connectivity index (χ3v) is 6.20. The SMILES string of the molecule is Cc1noc(C)c1CCC(=O)N1CCNC(=O)C(Cc2cccc(-c3ccc(F)cc3)c2)C1. The molecule has 33 heavy (non-hydrogen) atoms. The lowest BCUT2D eigenvalue weighted by Gasteiger charge is -2.23. The average Bonchev–Trinajstić information content (AvgIpc) is 3.01. The quantitative estimate of drug-likeness (QED) is 0.620. The Morgan fingerprint density at radius 2 is 1.97 bits per heavy atom. The maximum absolute atomic E-state index is 13.3. The maximum atomic E-state index is 13.3. The summed E-state index contributed by atoms with van der Waals surface area (Å²) in [7, 11) is 0. The Morgan fingerprint density at radius 3 is 2.70 bits per heavy atom. The van der Waals surface area contributed by atoms with Crippen molar-refractivity contribution in [3.05, 3.63) is 76.9 Å². The van der Waals surface area contributed by atoms with E-state index in [1.807, 2.05) is 38.1 Å². The fourth-order valence-electron chi connectivity index (χ4n) is 4.34. The molecule has 0 saturated carbocycles. The fraction of sp³-hybridized carbons (Fsp3) is 0.346. The average molecular weight is 450 g/mol. The van der Waals surface area contributed by atoms with Crippen LogP contribution in [-0.4, -0.2) is 41.5 Å². The van der Waals surface area contributed by atoms with Gasteiger partial charge >= 0.3 is 0 Å². The van der Waals surface area contributed by atoms with Crippen LogP contribution in [-0.2, 0) is 22.4 Å². The summed E-state index contributed by atoms with van der Waals surface area (Å²) in [6.07, 6.45) is 1.45. The minimum atomic E-state index is -0.334. The van der Waals surface area contributed by atoms with E-state index in [9.17, 15) is 14.0 Å². The van der Waals surface area contributed by atoms with Gasteiger partial charge in [-0.1, -0.05) is 41.6 Å². The van der Waals surface area contributed by atoms with Gasteiger partial charge in [-0.3, -0.25) is 9.59 Å². The Labute approximate surface area is 192 Å². The van der Waals surface area contributed by atoms with Crippen molar-refractivity contribution in [3.8, 4) is 11.1 Å². The number of rotatable bonds is 6. The zero-order valence-corrected chi connectivity index (χ0v) is 18.9. The van der Waals surface area contributed by atoms with Gasteiger partial charge in [-0.2, -0.15) is 0 Å². The lowest BCUT2D eigenvalue weighted by Crippen LogP contribution is -2.37. The number of halogens is 1. The van der Waals surface area contributed by atoms with E-state index in [4.69, 9.17) is 4.52 Å². The molecular weight excluding hydrogens is 421 g/mol. The van der Waals surface area contributed by atoms with E-state index in [2.05, 4.69) is 10.5 Å². The molecule has 0 bridgehead atoms. The molecule has 1 fully saturated rings. The molecule has 4 rings (SSSR count). The third-order valence-electron chi connectivity index (χ3n) is 6.20. The summed E-state index contributed by atoms with van der Waals surface area (Å²) >= 11 is 0. The van der Waals surface area contributed by atoms with Gasteiger partial charge in [0.05, 0.1) is 11.6 Å². The van der Waals surface area contributed by atoms with Crippen molar-refractivity contribution in [3.63, 3.8) is 0 Å². The van der Waals surface area contributed by atoms with Crippen molar-refractivity contribution in [2.24, 2.45) is 5.92 Å². The molecule has 172 valence electrons. The molecule has 3 aromatic rings. The van der Waals surface area contributed by atoms with Gasteiger partial charge in [0.25, 0.3) is 0 Å². The van der Waals surface area contributed by atoms with Crippen LogP contribution < -0.4 is 5.32 Å². The second-order valence-electron chi connectivity index (χ2n) is 8.54. The van der Waals surface area contributed by atoms with Gasteiger partial charge in [0.2, 0.25) is 11.8 Å².